The number of nitrogens with one attached hydrogen (secondary N) is 1. The van der Waals surface area contributed by atoms with E-state index in [2.05, 4.69) is 10.3 Å². The van der Waals surface area contributed by atoms with Crippen LogP contribution in [0.3, 0.4) is 0 Å². The molecule has 1 aromatic carbocycles. The van der Waals surface area contributed by atoms with Crippen LogP contribution in [-0.4, -0.2) is 47.0 Å². The first kappa shape index (κ1) is 18.6. The van der Waals surface area contributed by atoms with E-state index in [1.165, 1.54) is 5.56 Å². The van der Waals surface area contributed by atoms with Crippen LogP contribution in [0.25, 0.3) is 0 Å². The number of benzene rings is 1. The first-order chi connectivity index (χ1) is 13.6. The zero-order chi connectivity index (χ0) is 19.5. The number of amides is 2. The molecule has 2 fully saturated rings. The SMILES string of the molecule is Cc1ccc(CC(=O)N2C[C@H](C(=O)NCc3cccnc3)[C@@H]3OCC[C@H]32)cc1. The zero-order valence-electron chi connectivity index (χ0n) is 16.0. The lowest BCUT2D eigenvalue weighted by molar-refractivity contribution is -0.131. The van der Waals surface area contributed by atoms with Gasteiger partial charge in [0, 0.05) is 32.1 Å². The van der Waals surface area contributed by atoms with E-state index in [-0.39, 0.29) is 29.9 Å². The number of aryl methyl sites for hydroxylation is 1. The number of ether oxygens (including phenoxy) is 1. The van der Waals surface area contributed by atoms with Gasteiger partial charge >= 0.3 is 0 Å². The third-order valence-corrected chi connectivity index (χ3v) is 5.62. The van der Waals surface area contributed by atoms with Crippen LogP contribution in [0.2, 0.25) is 0 Å². The Morgan fingerprint density at radius 2 is 2.04 bits per heavy atom. The van der Waals surface area contributed by atoms with Crippen LogP contribution in [0.15, 0.2) is 48.8 Å². The second kappa shape index (κ2) is 8.10. The highest BCUT2D eigenvalue weighted by Gasteiger charge is 2.50. The average Bonchev–Trinajstić information content (AvgIpc) is 3.31. The van der Waals surface area contributed by atoms with Crippen LogP contribution in [0.5, 0.6) is 0 Å². The number of hydrogen-bond donors (Lipinski definition) is 1. The van der Waals surface area contributed by atoms with Crippen LogP contribution in [0.4, 0.5) is 0 Å². The van der Waals surface area contributed by atoms with Crippen molar-refractivity contribution in [3.05, 3.63) is 65.5 Å². The van der Waals surface area contributed by atoms with Crippen LogP contribution >= 0.6 is 0 Å². The van der Waals surface area contributed by atoms with Gasteiger partial charge in [0.15, 0.2) is 0 Å². The van der Waals surface area contributed by atoms with E-state index in [9.17, 15) is 9.59 Å². The van der Waals surface area contributed by atoms with Gasteiger partial charge < -0.3 is 15.0 Å². The summed E-state index contributed by atoms with van der Waals surface area (Å²) in [4.78, 5) is 31.6. The normalized spacial score (nSPS) is 23.5. The molecule has 28 heavy (non-hydrogen) atoms. The zero-order valence-corrected chi connectivity index (χ0v) is 16.0. The molecule has 0 aliphatic carbocycles. The molecule has 146 valence electrons. The Kier molecular flexibility index (Phi) is 5.39. The van der Waals surface area contributed by atoms with Crippen molar-refractivity contribution in [2.75, 3.05) is 13.2 Å². The molecule has 1 aromatic heterocycles. The van der Waals surface area contributed by atoms with Crippen molar-refractivity contribution in [2.45, 2.75) is 38.5 Å². The molecule has 0 unspecified atom stereocenters. The van der Waals surface area contributed by atoms with Crippen LogP contribution < -0.4 is 5.32 Å². The number of likely N-dealkylation sites (tertiary alicyclic amines) is 1. The molecule has 2 saturated heterocycles. The van der Waals surface area contributed by atoms with Gasteiger partial charge in [-0.3, -0.25) is 14.6 Å². The molecule has 6 nitrogen and oxygen atoms in total. The maximum absolute atomic E-state index is 12.9. The minimum absolute atomic E-state index is 0.00732. The van der Waals surface area contributed by atoms with Gasteiger partial charge in [-0.15, -0.1) is 0 Å². The summed E-state index contributed by atoms with van der Waals surface area (Å²) in [6, 6.07) is 11.8. The summed E-state index contributed by atoms with van der Waals surface area (Å²) in [5.41, 5.74) is 3.12. The molecule has 0 radical (unpaired) electrons. The number of hydrogen-bond acceptors (Lipinski definition) is 4. The molecule has 2 amide bonds. The summed E-state index contributed by atoms with van der Waals surface area (Å²) in [7, 11) is 0. The molecule has 2 aromatic rings. The molecule has 3 atom stereocenters. The molecule has 3 heterocycles. The van der Waals surface area contributed by atoms with E-state index in [0.29, 0.717) is 26.1 Å². The Morgan fingerprint density at radius 3 is 2.79 bits per heavy atom. The van der Waals surface area contributed by atoms with Crippen molar-refractivity contribution >= 4 is 11.8 Å². The predicted octanol–water partition coefficient (Wildman–Crippen LogP) is 1.86. The van der Waals surface area contributed by atoms with Crippen LogP contribution in [0, 0.1) is 12.8 Å². The quantitative estimate of drug-likeness (QED) is 0.861. The van der Waals surface area contributed by atoms with E-state index >= 15 is 0 Å². The summed E-state index contributed by atoms with van der Waals surface area (Å²) < 4.78 is 5.84. The first-order valence-electron chi connectivity index (χ1n) is 9.75. The van der Waals surface area contributed by atoms with E-state index in [1.807, 2.05) is 48.2 Å². The minimum atomic E-state index is -0.328. The second-order valence-electron chi connectivity index (χ2n) is 7.59. The van der Waals surface area contributed by atoms with Crippen molar-refractivity contribution in [3.8, 4) is 0 Å². The molecule has 1 N–H and O–H groups in total. The van der Waals surface area contributed by atoms with E-state index in [4.69, 9.17) is 4.74 Å². The van der Waals surface area contributed by atoms with E-state index < -0.39 is 0 Å². The summed E-state index contributed by atoms with van der Waals surface area (Å²) in [6.45, 7) is 3.47. The smallest absolute Gasteiger partial charge is 0.227 e. The van der Waals surface area contributed by atoms with Gasteiger partial charge in [-0.05, 0) is 30.5 Å². The maximum Gasteiger partial charge on any atom is 0.227 e. The summed E-state index contributed by atoms with van der Waals surface area (Å²) in [6.07, 6.45) is 4.37. The van der Waals surface area contributed by atoms with Gasteiger partial charge in [0.05, 0.1) is 24.5 Å². The summed E-state index contributed by atoms with van der Waals surface area (Å²) in [5, 5.41) is 2.97. The third-order valence-electron chi connectivity index (χ3n) is 5.62. The molecular formula is C22H25N3O3. The topological polar surface area (TPSA) is 71.5 Å². The Balaban J connectivity index is 1.40. The summed E-state index contributed by atoms with van der Waals surface area (Å²) >= 11 is 0. The Bertz CT molecular complexity index is 838. The Labute approximate surface area is 164 Å². The van der Waals surface area contributed by atoms with Crippen LogP contribution in [-0.2, 0) is 27.3 Å². The molecule has 6 heteroatoms. The fraction of sp³-hybridized carbons (Fsp3) is 0.409. The van der Waals surface area contributed by atoms with Gasteiger partial charge in [0.2, 0.25) is 11.8 Å². The Morgan fingerprint density at radius 1 is 1.21 bits per heavy atom. The number of nitrogens with zero attached hydrogens (tertiary/aromatic N) is 2. The first-order valence-corrected chi connectivity index (χ1v) is 9.75. The number of aromatic nitrogens is 1. The monoisotopic (exact) mass is 379 g/mol. The standard InChI is InChI=1S/C22H25N3O3/c1-15-4-6-16(7-5-15)11-20(26)25-14-18(21-19(25)8-10-28-21)22(27)24-13-17-3-2-9-23-12-17/h2-7,9,12,18-19,21H,8,10-11,13-14H2,1H3,(H,24,27)/t18-,19+,21-/m0/s1. The van der Waals surface area contributed by atoms with Crippen molar-refractivity contribution < 1.29 is 14.3 Å². The van der Waals surface area contributed by atoms with Gasteiger partial charge in [-0.25, -0.2) is 0 Å². The van der Waals surface area contributed by atoms with Gasteiger partial charge in [0.25, 0.3) is 0 Å². The average molecular weight is 379 g/mol. The van der Waals surface area contributed by atoms with Crippen molar-refractivity contribution in [1.82, 2.24) is 15.2 Å². The maximum atomic E-state index is 12.9. The fourth-order valence-electron chi connectivity index (χ4n) is 4.09. The summed E-state index contributed by atoms with van der Waals surface area (Å²) in [5.74, 6) is -0.329. The largest absolute Gasteiger partial charge is 0.375 e. The lowest BCUT2D eigenvalue weighted by atomic mass is 10.0. The predicted molar refractivity (Wildman–Crippen MR) is 104 cm³/mol. The Hall–Kier alpha value is -2.73. The van der Waals surface area contributed by atoms with Crippen molar-refractivity contribution in [1.29, 1.82) is 0 Å². The molecular weight excluding hydrogens is 354 g/mol. The highest BCUT2D eigenvalue weighted by molar-refractivity contribution is 5.84. The van der Waals surface area contributed by atoms with Gasteiger partial charge in [-0.2, -0.15) is 0 Å². The number of carbonyl (C=O) groups excluding carboxylic acids is 2. The van der Waals surface area contributed by atoms with E-state index in [0.717, 1.165) is 17.5 Å². The number of carbonyl (C=O) groups is 2. The highest BCUT2D eigenvalue weighted by Crippen LogP contribution is 2.34. The highest BCUT2D eigenvalue weighted by atomic mass is 16.5. The van der Waals surface area contributed by atoms with Crippen LogP contribution in [0.1, 0.15) is 23.1 Å². The molecule has 0 bridgehead atoms. The van der Waals surface area contributed by atoms with Gasteiger partial charge in [0.1, 0.15) is 0 Å². The molecule has 2 aliphatic rings. The molecule has 0 spiro atoms. The second-order valence-corrected chi connectivity index (χ2v) is 7.59. The van der Waals surface area contributed by atoms with E-state index in [1.54, 1.807) is 12.4 Å². The number of fused-ring (bicyclic) bond motifs is 1. The molecule has 0 saturated carbocycles. The third kappa shape index (κ3) is 3.92. The fourth-order valence-corrected chi connectivity index (χ4v) is 4.09. The number of pyridine rings is 1. The lowest BCUT2D eigenvalue weighted by Crippen LogP contribution is -2.38. The minimum Gasteiger partial charge on any atom is -0.375 e. The van der Waals surface area contributed by atoms with Gasteiger partial charge in [-0.1, -0.05) is 35.9 Å². The molecule has 4 rings (SSSR count). The molecule has 2 aliphatic heterocycles. The van der Waals surface area contributed by atoms with Crippen molar-refractivity contribution in [3.63, 3.8) is 0 Å². The van der Waals surface area contributed by atoms with Crippen molar-refractivity contribution in [2.24, 2.45) is 5.92 Å². The lowest BCUT2D eigenvalue weighted by Gasteiger charge is -2.22. The number of rotatable bonds is 5.